The minimum atomic E-state index is -2.12. The van der Waals surface area contributed by atoms with Crippen molar-refractivity contribution < 1.29 is 39.6 Å². The molecule has 3 rings (SSSR count). The van der Waals surface area contributed by atoms with Gasteiger partial charge in [0.05, 0.1) is 12.0 Å². The molecule has 0 fully saturated rings. The van der Waals surface area contributed by atoms with E-state index < -0.39 is 35.2 Å². The monoisotopic (exact) mass is 363 g/mol. The first kappa shape index (κ1) is 17.5. The van der Waals surface area contributed by atoms with Gasteiger partial charge in [-0.05, 0) is 24.3 Å². The van der Waals surface area contributed by atoms with E-state index in [-0.39, 0.29) is 28.4 Å². The van der Waals surface area contributed by atoms with E-state index in [9.17, 15) is 29.6 Å². The fourth-order valence-corrected chi connectivity index (χ4v) is 2.77. The highest BCUT2D eigenvalue weighted by Crippen LogP contribution is 2.48. The van der Waals surface area contributed by atoms with Gasteiger partial charge in [0.2, 0.25) is 5.91 Å². The summed E-state index contributed by atoms with van der Waals surface area (Å²) in [6, 6.07) is 5.37. The third kappa shape index (κ3) is 3.01. The minimum absolute atomic E-state index is 0.0883. The molecule has 1 heterocycles. The molecular weight excluding hydrogens is 349 g/mol. The molecule has 0 bridgehead atoms. The van der Waals surface area contributed by atoms with Gasteiger partial charge in [-0.3, -0.25) is 10.0 Å². The zero-order chi connectivity index (χ0) is 19.1. The first-order valence-corrected chi connectivity index (χ1v) is 7.35. The van der Waals surface area contributed by atoms with Crippen LogP contribution in [0.5, 0.6) is 23.0 Å². The molecule has 2 aromatic rings. The van der Waals surface area contributed by atoms with Crippen LogP contribution in [0.3, 0.4) is 0 Å². The number of halogens is 1. The molecule has 1 aliphatic heterocycles. The number of hydroxylamine groups is 1. The average molecular weight is 363 g/mol. The molecule has 0 aromatic heterocycles. The Labute approximate surface area is 146 Å². The van der Waals surface area contributed by atoms with Crippen molar-refractivity contribution in [2.24, 2.45) is 0 Å². The van der Waals surface area contributed by atoms with E-state index in [0.717, 1.165) is 30.3 Å². The maximum atomic E-state index is 13.6. The Balaban J connectivity index is 2.17. The van der Waals surface area contributed by atoms with E-state index in [1.54, 1.807) is 0 Å². The highest BCUT2D eigenvalue weighted by atomic mass is 19.1. The fraction of sp³-hybridized carbons (Fsp3) is 0.118. The summed E-state index contributed by atoms with van der Waals surface area (Å²) in [5.74, 6) is -3.64. The SMILES string of the molecule is O=C(CC1(O)C=C(c2ccc(O)c(F)c2)Oc2cc(O)cc(O)c21)NO. The standard InChI is InChI=1S/C17H14FNO7/c18-10-3-8(1-2-11(10)21)14-6-17(24,7-15(23)19-25)16-12(22)4-9(20)5-13(16)26-14/h1-6,20-22,24-25H,7H2,(H,19,23). The van der Waals surface area contributed by atoms with Crippen molar-refractivity contribution in [1.29, 1.82) is 0 Å². The van der Waals surface area contributed by atoms with Gasteiger partial charge in [0.15, 0.2) is 11.6 Å². The lowest BCUT2D eigenvalue weighted by atomic mass is 9.85. The zero-order valence-electron chi connectivity index (χ0n) is 13.1. The number of amides is 1. The van der Waals surface area contributed by atoms with E-state index in [4.69, 9.17) is 9.94 Å². The molecule has 26 heavy (non-hydrogen) atoms. The third-order valence-electron chi connectivity index (χ3n) is 3.88. The molecular formula is C17H14FNO7. The van der Waals surface area contributed by atoms with E-state index in [1.807, 2.05) is 0 Å². The minimum Gasteiger partial charge on any atom is -0.508 e. The van der Waals surface area contributed by atoms with E-state index in [0.29, 0.717) is 0 Å². The molecule has 0 aliphatic carbocycles. The number of carbonyl (C=O) groups excluding carboxylic acids is 1. The second-order valence-corrected chi connectivity index (χ2v) is 5.75. The number of hydrogen-bond donors (Lipinski definition) is 6. The molecule has 1 aliphatic rings. The van der Waals surface area contributed by atoms with Gasteiger partial charge in [-0.2, -0.15) is 0 Å². The molecule has 0 radical (unpaired) electrons. The number of nitrogens with one attached hydrogen (secondary N) is 1. The van der Waals surface area contributed by atoms with Gasteiger partial charge in [0, 0.05) is 17.7 Å². The van der Waals surface area contributed by atoms with Gasteiger partial charge in [-0.1, -0.05) is 0 Å². The number of phenolic OH excluding ortho intramolecular Hbond substituents is 3. The van der Waals surface area contributed by atoms with Crippen LogP contribution in [0, 0.1) is 5.82 Å². The Hall–Kier alpha value is -3.30. The molecule has 8 nitrogen and oxygen atoms in total. The largest absolute Gasteiger partial charge is 0.508 e. The molecule has 0 spiro atoms. The average Bonchev–Trinajstić information content (AvgIpc) is 2.55. The second-order valence-electron chi connectivity index (χ2n) is 5.75. The van der Waals surface area contributed by atoms with Gasteiger partial charge in [0.1, 0.15) is 28.6 Å². The van der Waals surface area contributed by atoms with Crippen molar-refractivity contribution in [3.05, 3.63) is 53.4 Å². The van der Waals surface area contributed by atoms with Gasteiger partial charge in [-0.25, -0.2) is 9.87 Å². The normalized spacial score (nSPS) is 18.5. The number of fused-ring (bicyclic) bond motifs is 1. The highest BCUT2D eigenvalue weighted by Gasteiger charge is 2.40. The summed E-state index contributed by atoms with van der Waals surface area (Å²) in [7, 11) is 0. The molecule has 6 N–H and O–H groups in total. The Kier molecular flexibility index (Phi) is 4.18. The number of rotatable bonds is 3. The van der Waals surface area contributed by atoms with Crippen LogP contribution in [0.15, 0.2) is 36.4 Å². The molecule has 1 unspecified atom stereocenters. The molecule has 0 saturated carbocycles. The second kappa shape index (κ2) is 6.21. The smallest absolute Gasteiger partial charge is 0.246 e. The van der Waals surface area contributed by atoms with Crippen LogP contribution in [-0.2, 0) is 10.4 Å². The van der Waals surface area contributed by atoms with Crippen molar-refractivity contribution in [2.75, 3.05) is 0 Å². The number of aromatic hydroxyl groups is 3. The summed E-state index contributed by atoms with van der Waals surface area (Å²) in [4.78, 5) is 11.6. The van der Waals surface area contributed by atoms with Crippen LogP contribution >= 0.6 is 0 Å². The van der Waals surface area contributed by atoms with E-state index >= 15 is 0 Å². The molecule has 1 amide bonds. The van der Waals surface area contributed by atoms with Gasteiger partial charge >= 0.3 is 0 Å². The summed E-state index contributed by atoms with van der Waals surface area (Å²) in [6.07, 6.45) is 0.370. The van der Waals surface area contributed by atoms with Crippen LogP contribution in [-0.4, -0.2) is 31.5 Å². The summed E-state index contributed by atoms with van der Waals surface area (Å²) >= 11 is 0. The quantitative estimate of drug-likeness (QED) is 0.358. The van der Waals surface area contributed by atoms with E-state index in [1.165, 1.54) is 11.5 Å². The van der Waals surface area contributed by atoms with Crippen LogP contribution in [0.25, 0.3) is 5.76 Å². The summed E-state index contributed by atoms with van der Waals surface area (Å²) in [5.41, 5.74) is -0.831. The Morgan fingerprint density at radius 3 is 2.54 bits per heavy atom. The number of hydrogen-bond acceptors (Lipinski definition) is 7. The number of aliphatic hydroxyl groups is 1. The number of carbonyl (C=O) groups is 1. The first-order valence-electron chi connectivity index (χ1n) is 7.35. The van der Waals surface area contributed by atoms with Crippen LogP contribution in [0.2, 0.25) is 0 Å². The van der Waals surface area contributed by atoms with Crippen molar-refractivity contribution >= 4 is 11.7 Å². The molecule has 1 atom stereocenters. The zero-order valence-corrected chi connectivity index (χ0v) is 13.1. The van der Waals surface area contributed by atoms with Crippen molar-refractivity contribution in [3.8, 4) is 23.0 Å². The Bertz CT molecular complexity index is 928. The van der Waals surface area contributed by atoms with Crippen molar-refractivity contribution in [1.82, 2.24) is 5.48 Å². The maximum absolute atomic E-state index is 13.6. The Morgan fingerprint density at radius 2 is 1.88 bits per heavy atom. The predicted octanol–water partition coefficient (Wildman–Crippen LogP) is 1.46. The van der Waals surface area contributed by atoms with Crippen molar-refractivity contribution in [2.45, 2.75) is 12.0 Å². The molecule has 9 heteroatoms. The van der Waals surface area contributed by atoms with E-state index in [2.05, 4.69) is 0 Å². The van der Waals surface area contributed by atoms with Crippen LogP contribution < -0.4 is 10.2 Å². The summed E-state index contributed by atoms with van der Waals surface area (Å²) in [6.45, 7) is 0. The predicted molar refractivity (Wildman–Crippen MR) is 84.9 cm³/mol. The van der Waals surface area contributed by atoms with Crippen molar-refractivity contribution in [3.63, 3.8) is 0 Å². The third-order valence-corrected chi connectivity index (χ3v) is 3.88. The number of phenols is 3. The maximum Gasteiger partial charge on any atom is 0.246 e. The topological polar surface area (TPSA) is 139 Å². The van der Waals surface area contributed by atoms with Gasteiger partial charge < -0.3 is 25.2 Å². The summed E-state index contributed by atoms with van der Waals surface area (Å²) in [5, 5.41) is 48.7. The molecule has 2 aromatic carbocycles. The van der Waals surface area contributed by atoms with Crippen LogP contribution in [0.1, 0.15) is 17.5 Å². The lowest BCUT2D eigenvalue weighted by Gasteiger charge is -2.32. The number of ether oxygens (including phenoxy) is 1. The lowest BCUT2D eigenvalue weighted by Crippen LogP contribution is -2.34. The first-order chi connectivity index (χ1) is 12.2. The lowest BCUT2D eigenvalue weighted by molar-refractivity contribution is -0.133. The fourth-order valence-electron chi connectivity index (χ4n) is 2.77. The molecule has 0 saturated heterocycles. The van der Waals surface area contributed by atoms with Gasteiger partial charge in [-0.15, -0.1) is 0 Å². The Morgan fingerprint density at radius 1 is 1.15 bits per heavy atom. The van der Waals surface area contributed by atoms with Gasteiger partial charge in [0.25, 0.3) is 0 Å². The molecule has 136 valence electrons. The van der Waals surface area contributed by atoms with Crippen LogP contribution in [0.4, 0.5) is 4.39 Å². The number of benzene rings is 2. The highest BCUT2D eigenvalue weighted by molar-refractivity contribution is 5.79. The summed E-state index contributed by atoms with van der Waals surface area (Å²) < 4.78 is 19.2.